The summed E-state index contributed by atoms with van der Waals surface area (Å²) in [5.41, 5.74) is 2.03. The molecule has 0 spiro atoms. The Morgan fingerprint density at radius 3 is 2.79 bits per heavy atom. The van der Waals surface area contributed by atoms with Crippen LogP contribution in [-0.4, -0.2) is 35.1 Å². The van der Waals surface area contributed by atoms with E-state index >= 15 is 0 Å². The summed E-state index contributed by atoms with van der Waals surface area (Å²) in [5.74, 6) is 1.40. The van der Waals surface area contributed by atoms with Gasteiger partial charge in [-0.1, -0.05) is 0 Å². The number of aromatic nitrogens is 2. The first-order chi connectivity index (χ1) is 14.2. The van der Waals surface area contributed by atoms with Crippen LogP contribution in [0.1, 0.15) is 18.4 Å². The molecule has 1 N–H and O–H groups in total. The maximum atomic E-state index is 12.9. The van der Waals surface area contributed by atoms with Crippen molar-refractivity contribution >= 4 is 17.7 Å². The summed E-state index contributed by atoms with van der Waals surface area (Å²) in [4.78, 5) is 13.1. The van der Waals surface area contributed by atoms with Gasteiger partial charge in [0.25, 0.3) is 0 Å². The zero-order valence-electron chi connectivity index (χ0n) is 16.3. The van der Waals surface area contributed by atoms with Crippen molar-refractivity contribution in [3.63, 3.8) is 0 Å². The third-order valence-electron chi connectivity index (χ3n) is 4.38. The Balaban J connectivity index is 1.43. The summed E-state index contributed by atoms with van der Waals surface area (Å²) in [6, 6.07) is 14.1. The molecule has 0 fully saturated rings. The standard InChI is InChI=1S/C22H24FN3O2S/c1-28-19-7-10-21(26-14-3-12-25-26)17(16-19)11-13-24-22(27)4-2-15-29-20-8-5-18(23)6-9-20/h3,5-10,12,14,16H,2,4,11,13,15H2,1H3,(H,24,27). The summed E-state index contributed by atoms with van der Waals surface area (Å²) >= 11 is 1.63. The molecule has 29 heavy (non-hydrogen) atoms. The number of benzene rings is 2. The van der Waals surface area contributed by atoms with E-state index in [-0.39, 0.29) is 11.7 Å². The van der Waals surface area contributed by atoms with Crippen LogP contribution in [-0.2, 0) is 11.2 Å². The van der Waals surface area contributed by atoms with Crippen molar-refractivity contribution in [2.75, 3.05) is 19.4 Å². The molecule has 152 valence electrons. The zero-order chi connectivity index (χ0) is 20.5. The van der Waals surface area contributed by atoms with Gasteiger partial charge >= 0.3 is 0 Å². The maximum Gasteiger partial charge on any atom is 0.220 e. The van der Waals surface area contributed by atoms with Gasteiger partial charge in [-0.25, -0.2) is 9.07 Å². The highest BCUT2D eigenvalue weighted by Gasteiger charge is 2.08. The van der Waals surface area contributed by atoms with E-state index in [1.165, 1.54) is 12.1 Å². The molecule has 0 aliphatic rings. The number of methoxy groups -OCH3 is 1. The summed E-state index contributed by atoms with van der Waals surface area (Å²) in [7, 11) is 1.64. The van der Waals surface area contributed by atoms with Crippen molar-refractivity contribution in [3.05, 3.63) is 72.3 Å². The number of rotatable bonds is 10. The van der Waals surface area contributed by atoms with Crippen LogP contribution in [0, 0.1) is 5.82 Å². The minimum Gasteiger partial charge on any atom is -0.497 e. The van der Waals surface area contributed by atoms with E-state index in [0.717, 1.165) is 34.1 Å². The Labute approximate surface area is 174 Å². The Morgan fingerprint density at radius 2 is 2.07 bits per heavy atom. The topological polar surface area (TPSA) is 56.1 Å². The highest BCUT2D eigenvalue weighted by molar-refractivity contribution is 7.99. The molecule has 1 amide bonds. The van der Waals surface area contributed by atoms with E-state index in [0.29, 0.717) is 19.4 Å². The van der Waals surface area contributed by atoms with Crippen molar-refractivity contribution in [2.45, 2.75) is 24.2 Å². The third-order valence-corrected chi connectivity index (χ3v) is 5.48. The quantitative estimate of drug-likeness (QED) is 0.399. The van der Waals surface area contributed by atoms with Gasteiger partial charge in [0.2, 0.25) is 5.91 Å². The molecule has 0 unspecified atom stereocenters. The second kappa shape index (κ2) is 10.7. The molecule has 0 saturated heterocycles. The lowest BCUT2D eigenvalue weighted by Gasteiger charge is -2.12. The van der Waals surface area contributed by atoms with E-state index in [1.54, 1.807) is 37.2 Å². The predicted molar refractivity (Wildman–Crippen MR) is 113 cm³/mol. The van der Waals surface area contributed by atoms with Crippen molar-refractivity contribution in [1.29, 1.82) is 0 Å². The van der Waals surface area contributed by atoms with Crippen molar-refractivity contribution in [3.8, 4) is 11.4 Å². The first-order valence-corrected chi connectivity index (χ1v) is 10.5. The van der Waals surface area contributed by atoms with E-state index in [1.807, 2.05) is 35.1 Å². The summed E-state index contributed by atoms with van der Waals surface area (Å²) in [6.45, 7) is 0.547. The van der Waals surface area contributed by atoms with Gasteiger partial charge in [0.05, 0.1) is 12.8 Å². The SMILES string of the molecule is COc1ccc(-n2cccn2)c(CCNC(=O)CCCSc2ccc(F)cc2)c1. The van der Waals surface area contributed by atoms with Gasteiger partial charge in [0.1, 0.15) is 11.6 Å². The van der Waals surface area contributed by atoms with Gasteiger partial charge < -0.3 is 10.1 Å². The second-order valence-electron chi connectivity index (χ2n) is 6.45. The monoisotopic (exact) mass is 413 g/mol. The van der Waals surface area contributed by atoms with Crippen LogP contribution in [0.4, 0.5) is 4.39 Å². The van der Waals surface area contributed by atoms with Crippen LogP contribution in [0.15, 0.2) is 65.8 Å². The van der Waals surface area contributed by atoms with Crippen molar-refractivity contribution in [2.24, 2.45) is 0 Å². The summed E-state index contributed by atoms with van der Waals surface area (Å²) < 4.78 is 20.0. The van der Waals surface area contributed by atoms with Gasteiger partial charge in [-0.15, -0.1) is 11.8 Å². The first-order valence-electron chi connectivity index (χ1n) is 9.48. The number of carbonyl (C=O) groups is 1. The number of ether oxygens (including phenoxy) is 1. The van der Waals surface area contributed by atoms with E-state index in [4.69, 9.17) is 4.74 Å². The van der Waals surface area contributed by atoms with Crippen LogP contribution in [0.5, 0.6) is 5.75 Å². The normalized spacial score (nSPS) is 10.7. The number of halogens is 1. The van der Waals surface area contributed by atoms with Gasteiger partial charge in [-0.05, 0) is 72.7 Å². The molecule has 1 heterocycles. The average Bonchev–Trinajstić information content (AvgIpc) is 3.27. The molecule has 3 rings (SSSR count). The number of nitrogens with zero attached hydrogens (tertiary/aromatic N) is 2. The lowest BCUT2D eigenvalue weighted by molar-refractivity contribution is -0.121. The lowest BCUT2D eigenvalue weighted by atomic mass is 10.1. The van der Waals surface area contributed by atoms with Crippen LogP contribution >= 0.6 is 11.8 Å². The molecular formula is C22H24FN3O2S. The summed E-state index contributed by atoms with van der Waals surface area (Å²) in [5, 5.41) is 7.27. The van der Waals surface area contributed by atoms with Crippen molar-refractivity contribution < 1.29 is 13.9 Å². The Hall–Kier alpha value is -2.80. The Kier molecular flexibility index (Phi) is 7.69. The van der Waals surface area contributed by atoms with Crippen LogP contribution in [0.2, 0.25) is 0 Å². The van der Waals surface area contributed by atoms with E-state index < -0.39 is 0 Å². The number of hydrogen-bond donors (Lipinski definition) is 1. The second-order valence-corrected chi connectivity index (χ2v) is 7.62. The van der Waals surface area contributed by atoms with E-state index in [2.05, 4.69) is 10.4 Å². The highest BCUT2D eigenvalue weighted by Crippen LogP contribution is 2.21. The summed E-state index contributed by atoms with van der Waals surface area (Å²) in [6.07, 6.45) is 5.55. The van der Waals surface area contributed by atoms with Crippen LogP contribution in [0.3, 0.4) is 0 Å². The fourth-order valence-electron chi connectivity index (χ4n) is 2.90. The molecule has 0 aliphatic heterocycles. The van der Waals surface area contributed by atoms with Crippen molar-refractivity contribution in [1.82, 2.24) is 15.1 Å². The smallest absolute Gasteiger partial charge is 0.220 e. The van der Waals surface area contributed by atoms with Gasteiger partial charge in [0, 0.05) is 30.3 Å². The highest BCUT2D eigenvalue weighted by atomic mass is 32.2. The Morgan fingerprint density at radius 1 is 1.24 bits per heavy atom. The van der Waals surface area contributed by atoms with Crippen LogP contribution in [0.25, 0.3) is 5.69 Å². The molecule has 0 atom stereocenters. The van der Waals surface area contributed by atoms with Gasteiger partial charge in [-0.3, -0.25) is 4.79 Å². The zero-order valence-corrected chi connectivity index (χ0v) is 17.1. The third kappa shape index (κ3) is 6.35. The molecule has 0 aliphatic carbocycles. The predicted octanol–water partition coefficient (Wildman–Crippen LogP) is 4.25. The molecular weight excluding hydrogens is 389 g/mol. The lowest BCUT2D eigenvalue weighted by Crippen LogP contribution is -2.25. The number of hydrogen-bond acceptors (Lipinski definition) is 4. The number of amides is 1. The van der Waals surface area contributed by atoms with Gasteiger partial charge in [-0.2, -0.15) is 5.10 Å². The number of thioether (sulfide) groups is 1. The number of carbonyl (C=O) groups excluding carboxylic acids is 1. The van der Waals surface area contributed by atoms with Gasteiger partial charge in [0.15, 0.2) is 0 Å². The fourth-order valence-corrected chi connectivity index (χ4v) is 3.76. The molecule has 0 radical (unpaired) electrons. The Bertz CT molecular complexity index is 914. The molecule has 1 aromatic heterocycles. The molecule has 3 aromatic rings. The minimum atomic E-state index is -0.236. The largest absolute Gasteiger partial charge is 0.497 e. The van der Waals surface area contributed by atoms with Crippen LogP contribution < -0.4 is 10.1 Å². The molecule has 5 nitrogen and oxygen atoms in total. The maximum absolute atomic E-state index is 12.9. The fraction of sp³-hybridized carbons (Fsp3) is 0.273. The first kappa shape index (κ1) is 20.9. The molecule has 7 heteroatoms. The molecule has 2 aromatic carbocycles. The number of nitrogens with one attached hydrogen (secondary N) is 1. The molecule has 0 saturated carbocycles. The minimum absolute atomic E-state index is 0.0354. The van der Waals surface area contributed by atoms with E-state index in [9.17, 15) is 9.18 Å². The molecule has 0 bridgehead atoms. The average molecular weight is 414 g/mol.